The van der Waals surface area contributed by atoms with Crippen LogP contribution in [0.4, 0.5) is 0 Å². The molecule has 1 N–H and O–H groups in total. The highest BCUT2D eigenvalue weighted by atomic mass is 32.2. The maximum Gasteiger partial charge on any atom is 0.241 e. The van der Waals surface area contributed by atoms with Crippen molar-refractivity contribution in [1.29, 1.82) is 0 Å². The lowest BCUT2D eigenvalue weighted by Crippen LogP contribution is -2.53. The summed E-state index contributed by atoms with van der Waals surface area (Å²) in [6.07, 6.45) is 8.31. The van der Waals surface area contributed by atoms with E-state index in [1.165, 1.54) is 25.7 Å². The molecular formula is C23H35N3O3S. The number of nitrogens with one attached hydrogen (secondary N) is 1. The van der Waals surface area contributed by atoms with Gasteiger partial charge in [-0.2, -0.15) is 0 Å². The maximum atomic E-state index is 13.0. The second kappa shape index (κ2) is 9.37. The summed E-state index contributed by atoms with van der Waals surface area (Å²) >= 11 is 0. The SMILES string of the molecule is Cc1ccccc1S(=O)(=O)NC1CCC(C(=O)N2CCN(C3CCCC3)CC2)CC1. The van der Waals surface area contributed by atoms with Crippen molar-refractivity contribution >= 4 is 15.9 Å². The van der Waals surface area contributed by atoms with Crippen LogP contribution in [0.2, 0.25) is 0 Å². The van der Waals surface area contributed by atoms with Crippen molar-refractivity contribution in [2.24, 2.45) is 5.92 Å². The van der Waals surface area contributed by atoms with Gasteiger partial charge in [-0.05, 0) is 57.1 Å². The molecule has 0 bridgehead atoms. The molecule has 1 amide bonds. The van der Waals surface area contributed by atoms with Crippen molar-refractivity contribution in [1.82, 2.24) is 14.5 Å². The lowest BCUT2D eigenvalue weighted by atomic mass is 9.85. The molecule has 30 heavy (non-hydrogen) atoms. The van der Waals surface area contributed by atoms with Crippen molar-refractivity contribution in [2.45, 2.75) is 75.3 Å². The third-order valence-electron chi connectivity index (χ3n) is 7.25. The number of amides is 1. The van der Waals surface area contributed by atoms with E-state index in [0.29, 0.717) is 4.90 Å². The lowest BCUT2D eigenvalue weighted by Gasteiger charge is -2.40. The molecule has 4 rings (SSSR count). The first kappa shape index (κ1) is 21.8. The average Bonchev–Trinajstić information content (AvgIpc) is 3.29. The third-order valence-corrected chi connectivity index (χ3v) is 8.93. The minimum absolute atomic E-state index is 0.0437. The molecule has 0 spiro atoms. The predicted octanol–water partition coefficient (Wildman–Crippen LogP) is 2.92. The van der Waals surface area contributed by atoms with Crippen LogP contribution in [0.15, 0.2) is 29.2 Å². The van der Waals surface area contributed by atoms with Crippen molar-refractivity contribution < 1.29 is 13.2 Å². The molecule has 2 saturated carbocycles. The molecule has 166 valence electrons. The Labute approximate surface area is 181 Å². The Hall–Kier alpha value is -1.44. The summed E-state index contributed by atoms with van der Waals surface area (Å²) in [5.74, 6) is 0.323. The van der Waals surface area contributed by atoms with Gasteiger partial charge in [0.05, 0.1) is 4.90 Å². The summed E-state index contributed by atoms with van der Waals surface area (Å²) in [5, 5.41) is 0. The van der Waals surface area contributed by atoms with Crippen LogP contribution in [0.25, 0.3) is 0 Å². The normalized spacial score (nSPS) is 26.8. The van der Waals surface area contributed by atoms with Gasteiger partial charge in [0.2, 0.25) is 15.9 Å². The van der Waals surface area contributed by atoms with Crippen LogP contribution in [0.1, 0.15) is 56.9 Å². The number of carbonyl (C=O) groups excluding carboxylic acids is 1. The summed E-state index contributed by atoms with van der Waals surface area (Å²) in [7, 11) is -3.51. The average molecular weight is 434 g/mol. The molecule has 2 aliphatic carbocycles. The molecule has 1 aliphatic heterocycles. The predicted molar refractivity (Wildman–Crippen MR) is 118 cm³/mol. The van der Waals surface area contributed by atoms with E-state index >= 15 is 0 Å². The monoisotopic (exact) mass is 433 g/mol. The molecule has 1 aromatic rings. The van der Waals surface area contributed by atoms with E-state index in [1.54, 1.807) is 12.1 Å². The molecule has 6 nitrogen and oxygen atoms in total. The molecule has 0 radical (unpaired) electrons. The second-order valence-corrected chi connectivity index (χ2v) is 10.9. The number of hydrogen-bond donors (Lipinski definition) is 1. The van der Waals surface area contributed by atoms with E-state index in [0.717, 1.165) is 63.5 Å². The maximum absolute atomic E-state index is 13.0. The fourth-order valence-corrected chi connectivity index (χ4v) is 6.99. The van der Waals surface area contributed by atoms with E-state index < -0.39 is 10.0 Å². The quantitative estimate of drug-likeness (QED) is 0.775. The minimum atomic E-state index is -3.51. The van der Waals surface area contributed by atoms with Gasteiger partial charge >= 0.3 is 0 Å². The standard InChI is InChI=1S/C23H35N3O3S/c1-18-6-2-5-9-22(18)30(28,29)24-20-12-10-19(11-13-20)23(27)26-16-14-25(15-17-26)21-7-3-4-8-21/h2,5-6,9,19-21,24H,3-4,7-8,10-17H2,1H3. The van der Waals surface area contributed by atoms with Gasteiger partial charge in [-0.1, -0.05) is 31.0 Å². The van der Waals surface area contributed by atoms with Crippen LogP contribution < -0.4 is 4.72 Å². The first-order chi connectivity index (χ1) is 14.4. The van der Waals surface area contributed by atoms with Gasteiger partial charge in [0.1, 0.15) is 0 Å². The highest BCUT2D eigenvalue weighted by molar-refractivity contribution is 7.89. The van der Waals surface area contributed by atoms with E-state index in [4.69, 9.17) is 0 Å². The Morgan fingerprint density at radius 3 is 2.20 bits per heavy atom. The highest BCUT2D eigenvalue weighted by Gasteiger charge is 2.34. The Balaban J connectivity index is 1.25. The van der Waals surface area contributed by atoms with Gasteiger partial charge in [0, 0.05) is 44.2 Å². The Kier molecular flexibility index (Phi) is 6.80. The number of piperazine rings is 1. The number of hydrogen-bond acceptors (Lipinski definition) is 4. The van der Waals surface area contributed by atoms with Crippen LogP contribution in [-0.2, 0) is 14.8 Å². The number of rotatable bonds is 5. The number of benzene rings is 1. The molecule has 0 unspecified atom stereocenters. The van der Waals surface area contributed by atoms with Gasteiger partial charge in [-0.15, -0.1) is 0 Å². The molecule has 1 heterocycles. The first-order valence-corrected chi connectivity index (χ1v) is 13.0. The van der Waals surface area contributed by atoms with E-state index in [1.807, 2.05) is 24.0 Å². The summed E-state index contributed by atoms with van der Waals surface area (Å²) in [4.78, 5) is 18.0. The zero-order chi connectivity index (χ0) is 21.1. The topological polar surface area (TPSA) is 69.7 Å². The fraction of sp³-hybridized carbons (Fsp3) is 0.696. The van der Waals surface area contributed by atoms with E-state index in [-0.39, 0.29) is 17.9 Å². The van der Waals surface area contributed by atoms with Crippen molar-refractivity contribution in [3.8, 4) is 0 Å². The summed E-state index contributed by atoms with van der Waals surface area (Å²) in [6.45, 7) is 5.50. The number of sulfonamides is 1. The van der Waals surface area contributed by atoms with E-state index in [2.05, 4.69) is 9.62 Å². The third kappa shape index (κ3) is 4.89. The fourth-order valence-electron chi connectivity index (χ4n) is 5.43. The molecular weight excluding hydrogens is 398 g/mol. The van der Waals surface area contributed by atoms with Crippen LogP contribution in [0, 0.1) is 12.8 Å². The molecule has 0 atom stereocenters. The van der Waals surface area contributed by atoms with Gasteiger partial charge in [0.15, 0.2) is 0 Å². The number of nitrogens with zero attached hydrogens (tertiary/aromatic N) is 2. The lowest BCUT2D eigenvalue weighted by molar-refractivity contribution is -0.138. The zero-order valence-corrected chi connectivity index (χ0v) is 18.9. The molecule has 0 aromatic heterocycles. The molecule has 1 aromatic carbocycles. The zero-order valence-electron chi connectivity index (χ0n) is 18.1. The number of carbonyl (C=O) groups is 1. The summed E-state index contributed by atoms with van der Waals surface area (Å²) in [6, 6.07) is 7.72. The minimum Gasteiger partial charge on any atom is -0.340 e. The van der Waals surface area contributed by atoms with Gasteiger partial charge < -0.3 is 4.90 Å². The van der Waals surface area contributed by atoms with Gasteiger partial charge in [0.25, 0.3) is 0 Å². The second-order valence-electron chi connectivity index (χ2n) is 9.23. The first-order valence-electron chi connectivity index (χ1n) is 11.5. The van der Waals surface area contributed by atoms with Crippen molar-refractivity contribution in [3.05, 3.63) is 29.8 Å². The molecule has 1 saturated heterocycles. The molecule has 3 fully saturated rings. The smallest absolute Gasteiger partial charge is 0.241 e. The van der Waals surface area contributed by atoms with Crippen LogP contribution >= 0.6 is 0 Å². The van der Waals surface area contributed by atoms with E-state index in [9.17, 15) is 13.2 Å². The van der Waals surface area contributed by atoms with Crippen LogP contribution in [-0.4, -0.2) is 62.4 Å². The Bertz CT molecular complexity index is 835. The Morgan fingerprint density at radius 2 is 1.57 bits per heavy atom. The van der Waals surface area contributed by atoms with Gasteiger partial charge in [-0.3, -0.25) is 9.69 Å². The van der Waals surface area contributed by atoms with Crippen molar-refractivity contribution in [3.63, 3.8) is 0 Å². The van der Waals surface area contributed by atoms with Crippen molar-refractivity contribution in [2.75, 3.05) is 26.2 Å². The Morgan fingerprint density at radius 1 is 0.933 bits per heavy atom. The molecule has 3 aliphatic rings. The summed E-state index contributed by atoms with van der Waals surface area (Å²) < 4.78 is 28.3. The number of aryl methyl sites for hydroxylation is 1. The van der Waals surface area contributed by atoms with Crippen LogP contribution in [0.3, 0.4) is 0 Å². The largest absolute Gasteiger partial charge is 0.340 e. The highest BCUT2D eigenvalue weighted by Crippen LogP contribution is 2.29. The molecule has 7 heteroatoms. The summed E-state index contributed by atoms with van der Waals surface area (Å²) in [5.41, 5.74) is 0.755. The van der Waals surface area contributed by atoms with Gasteiger partial charge in [-0.25, -0.2) is 13.1 Å². The van der Waals surface area contributed by atoms with Crippen LogP contribution in [0.5, 0.6) is 0 Å².